The standard InChI is InChI=1S/C13H17FN4O2S/c1-9(13-16-5-6-17-13)18-21(19,20)12-4-3-10(8-15-2)7-11(12)14/h3-7,9,15,18H,8H2,1-2H3,(H,16,17). The van der Waals surface area contributed by atoms with Crippen molar-refractivity contribution in [3.8, 4) is 0 Å². The SMILES string of the molecule is CNCc1ccc(S(=O)(=O)NC(C)c2ncc[nH]2)c(F)c1. The van der Waals surface area contributed by atoms with Crippen molar-refractivity contribution in [1.29, 1.82) is 0 Å². The zero-order valence-electron chi connectivity index (χ0n) is 11.7. The summed E-state index contributed by atoms with van der Waals surface area (Å²) in [5.74, 6) is -0.312. The second-order valence-electron chi connectivity index (χ2n) is 4.61. The number of aromatic nitrogens is 2. The van der Waals surface area contributed by atoms with E-state index in [1.54, 1.807) is 26.2 Å². The van der Waals surface area contributed by atoms with E-state index in [1.165, 1.54) is 18.3 Å². The highest BCUT2D eigenvalue weighted by atomic mass is 32.2. The monoisotopic (exact) mass is 312 g/mol. The number of nitrogens with zero attached hydrogens (tertiary/aromatic N) is 1. The molecule has 3 N–H and O–H groups in total. The van der Waals surface area contributed by atoms with Gasteiger partial charge in [0.05, 0.1) is 6.04 Å². The van der Waals surface area contributed by atoms with Crippen molar-refractivity contribution in [3.63, 3.8) is 0 Å². The molecule has 1 heterocycles. The fourth-order valence-electron chi connectivity index (χ4n) is 1.94. The van der Waals surface area contributed by atoms with E-state index in [4.69, 9.17) is 0 Å². The predicted octanol–water partition coefficient (Wildman–Crippen LogP) is 1.31. The molecule has 1 aromatic carbocycles. The van der Waals surface area contributed by atoms with Crippen molar-refractivity contribution < 1.29 is 12.8 Å². The third-order valence-electron chi connectivity index (χ3n) is 2.93. The molecule has 0 aliphatic rings. The molecule has 0 amide bonds. The Morgan fingerprint density at radius 1 is 1.43 bits per heavy atom. The predicted molar refractivity (Wildman–Crippen MR) is 76.5 cm³/mol. The minimum absolute atomic E-state index is 0.374. The summed E-state index contributed by atoms with van der Waals surface area (Å²) in [5, 5.41) is 2.88. The average molecular weight is 312 g/mol. The first-order chi connectivity index (χ1) is 9.94. The molecule has 1 atom stereocenters. The Morgan fingerprint density at radius 2 is 2.19 bits per heavy atom. The average Bonchev–Trinajstić information content (AvgIpc) is 2.92. The molecular weight excluding hydrogens is 295 g/mol. The number of imidazole rings is 1. The molecule has 2 aromatic rings. The molecule has 1 aromatic heterocycles. The Kier molecular flexibility index (Phi) is 4.71. The van der Waals surface area contributed by atoms with Crippen LogP contribution in [0.5, 0.6) is 0 Å². The zero-order valence-corrected chi connectivity index (χ0v) is 12.5. The topological polar surface area (TPSA) is 86.9 Å². The van der Waals surface area contributed by atoms with Gasteiger partial charge in [-0.15, -0.1) is 0 Å². The normalized spacial score (nSPS) is 13.3. The van der Waals surface area contributed by atoms with E-state index < -0.39 is 21.9 Å². The van der Waals surface area contributed by atoms with Crippen LogP contribution in [0, 0.1) is 5.82 Å². The molecular formula is C13H17FN4O2S. The van der Waals surface area contributed by atoms with E-state index in [2.05, 4.69) is 20.0 Å². The van der Waals surface area contributed by atoms with Crippen molar-refractivity contribution in [2.45, 2.75) is 24.4 Å². The highest BCUT2D eigenvalue weighted by molar-refractivity contribution is 7.89. The van der Waals surface area contributed by atoms with Crippen LogP contribution < -0.4 is 10.0 Å². The van der Waals surface area contributed by atoms with Crippen molar-refractivity contribution in [1.82, 2.24) is 20.0 Å². The molecule has 2 rings (SSSR count). The number of hydrogen-bond acceptors (Lipinski definition) is 4. The van der Waals surface area contributed by atoms with Crippen LogP contribution in [0.25, 0.3) is 0 Å². The first-order valence-electron chi connectivity index (χ1n) is 6.38. The van der Waals surface area contributed by atoms with Gasteiger partial charge >= 0.3 is 0 Å². The van der Waals surface area contributed by atoms with Gasteiger partial charge in [-0.2, -0.15) is 0 Å². The summed E-state index contributed by atoms with van der Waals surface area (Å²) >= 11 is 0. The molecule has 8 heteroatoms. The Morgan fingerprint density at radius 3 is 2.76 bits per heavy atom. The summed E-state index contributed by atoms with van der Waals surface area (Å²) < 4.78 is 40.8. The maximum Gasteiger partial charge on any atom is 0.244 e. The molecule has 0 aliphatic carbocycles. The van der Waals surface area contributed by atoms with Gasteiger partial charge in [-0.1, -0.05) is 6.07 Å². The van der Waals surface area contributed by atoms with Gasteiger partial charge in [-0.25, -0.2) is 22.5 Å². The van der Waals surface area contributed by atoms with Crippen LogP contribution in [0.2, 0.25) is 0 Å². The van der Waals surface area contributed by atoms with E-state index in [-0.39, 0.29) is 4.90 Å². The molecule has 114 valence electrons. The minimum atomic E-state index is -3.95. The van der Waals surface area contributed by atoms with E-state index in [1.807, 2.05) is 0 Å². The molecule has 6 nitrogen and oxygen atoms in total. The molecule has 0 bridgehead atoms. The molecule has 0 saturated carbocycles. The first kappa shape index (κ1) is 15.6. The van der Waals surface area contributed by atoms with Crippen molar-refractivity contribution >= 4 is 10.0 Å². The Labute approximate surface area is 122 Å². The lowest BCUT2D eigenvalue weighted by atomic mass is 10.2. The van der Waals surface area contributed by atoms with Crippen LogP contribution in [-0.2, 0) is 16.6 Å². The van der Waals surface area contributed by atoms with Crippen LogP contribution in [0.15, 0.2) is 35.5 Å². The lowest BCUT2D eigenvalue weighted by Gasteiger charge is -2.13. The fourth-order valence-corrected chi connectivity index (χ4v) is 3.21. The summed E-state index contributed by atoms with van der Waals surface area (Å²) in [6.07, 6.45) is 3.11. The minimum Gasteiger partial charge on any atom is -0.347 e. The first-order valence-corrected chi connectivity index (χ1v) is 7.87. The Hall–Kier alpha value is -1.77. The molecule has 0 saturated heterocycles. The number of rotatable bonds is 6. The van der Waals surface area contributed by atoms with Crippen LogP contribution in [-0.4, -0.2) is 25.4 Å². The molecule has 0 aliphatic heterocycles. The summed E-state index contributed by atoms with van der Waals surface area (Å²) in [6, 6.07) is 3.47. The third kappa shape index (κ3) is 3.66. The van der Waals surface area contributed by atoms with Gasteiger partial charge in [0.1, 0.15) is 16.5 Å². The second-order valence-corrected chi connectivity index (χ2v) is 6.29. The van der Waals surface area contributed by atoms with E-state index >= 15 is 0 Å². The number of benzene rings is 1. The molecule has 21 heavy (non-hydrogen) atoms. The van der Waals surface area contributed by atoms with Crippen LogP contribution in [0.1, 0.15) is 24.4 Å². The lowest BCUT2D eigenvalue weighted by Crippen LogP contribution is -2.28. The van der Waals surface area contributed by atoms with Gasteiger partial charge in [0.25, 0.3) is 0 Å². The van der Waals surface area contributed by atoms with Crippen LogP contribution >= 0.6 is 0 Å². The number of nitrogens with one attached hydrogen (secondary N) is 3. The van der Waals surface area contributed by atoms with E-state index in [0.717, 1.165) is 0 Å². The molecule has 0 spiro atoms. The van der Waals surface area contributed by atoms with Crippen molar-refractivity contribution in [2.24, 2.45) is 0 Å². The smallest absolute Gasteiger partial charge is 0.244 e. The third-order valence-corrected chi connectivity index (χ3v) is 4.50. The van der Waals surface area contributed by atoms with Crippen LogP contribution in [0.4, 0.5) is 4.39 Å². The number of H-pyrrole nitrogens is 1. The number of hydrogen-bond donors (Lipinski definition) is 3. The van der Waals surface area contributed by atoms with Gasteiger partial charge < -0.3 is 10.3 Å². The van der Waals surface area contributed by atoms with Crippen LogP contribution in [0.3, 0.4) is 0 Å². The lowest BCUT2D eigenvalue weighted by molar-refractivity contribution is 0.542. The van der Waals surface area contributed by atoms with Gasteiger partial charge in [0.2, 0.25) is 10.0 Å². The Bertz CT molecular complexity index is 701. The number of halogens is 1. The largest absolute Gasteiger partial charge is 0.347 e. The van der Waals surface area contributed by atoms with Gasteiger partial charge in [-0.05, 0) is 31.7 Å². The summed E-state index contributed by atoms with van der Waals surface area (Å²) in [6.45, 7) is 2.09. The van der Waals surface area contributed by atoms with Crippen molar-refractivity contribution in [3.05, 3.63) is 47.8 Å². The highest BCUT2D eigenvalue weighted by Crippen LogP contribution is 2.18. The zero-order chi connectivity index (χ0) is 15.5. The maximum atomic E-state index is 14.0. The van der Waals surface area contributed by atoms with Gasteiger partial charge in [0, 0.05) is 18.9 Å². The second kappa shape index (κ2) is 6.33. The molecule has 1 unspecified atom stereocenters. The van der Waals surface area contributed by atoms with Gasteiger partial charge in [-0.3, -0.25) is 0 Å². The fraction of sp³-hybridized carbons (Fsp3) is 0.308. The van der Waals surface area contributed by atoms with Crippen molar-refractivity contribution in [2.75, 3.05) is 7.05 Å². The quantitative estimate of drug-likeness (QED) is 0.750. The van der Waals surface area contributed by atoms with E-state index in [0.29, 0.717) is 17.9 Å². The molecule has 0 fully saturated rings. The molecule has 0 radical (unpaired) electrons. The number of aromatic amines is 1. The summed E-state index contributed by atoms with van der Waals surface area (Å²) in [7, 11) is -2.22. The summed E-state index contributed by atoms with van der Waals surface area (Å²) in [4.78, 5) is 6.41. The van der Waals surface area contributed by atoms with Gasteiger partial charge in [0.15, 0.2) is 0 Å². The van der Waals surface area contributed by atoms with E-state index in [9.17, 15) is 12.8 Å². The highest BCUT2D eigenvalue weighted by Gasteiger charge is 2.23. The summed E-state index contributed by atoms with van der Waals surface area (Å²) in [5.41, 5.74) is 0.674. The Balaban J connectivity index is 2.23. The number of sulfonamides is 1. The maximum absolute atomic E-state index is 14.0.